The highest BCUT2D eigenvalue weighted by atomic mass is 16.1. The lowest BCUT2D eigenvalue weighted by molar-refractivity contribution is -0.117. The molecule has 0 aromatic heterocycles. The van der Waals surface area contributed by atoms with Crippen LogP contribution in [0.3, 0.4) is 0 Å². The first kappa shape index (κ1) is 8.10. The standard InChI is InChI=1S/C10H12N2O/c1-7(13)10-6-11-8-4-2-3-5-9(8)12-10/h2-5,10-12H,6H2,1H3. The fourth-order valence-corrected chi connectivity index (χ4v) is 1.46. The van der Waals surface area contributed by atoms with Crippen LogP contribution < -0.4 is 10.6 Å². The van der Waals surface area contributed by atoms with E-state index >= 15 is 0 Å². The molecule has 1 unspecified atom stereocenters. The third-order valence-electron chi connectivity index (χ3n) is 2.24. The number of benzene rings is 1. The number of Topliss-reactive ketones (excluding diaryl/α,β-unsaturated/α-hetero) is 1. The molecule has 3 heteroatoms. The van der Waals surface area contributed by atoms with E-state index in [1.807, 2.05) is 24.3 Å². The van der Waals surface area contributed by atoms with E-state index in [4.69, 9.17) is 0 Å². The summed E-state index contributed by atoms with van der Waals surface area (Å²) in [4.78, 5) is 11.1. The fourth-order valence-electron chi connectivity index (χ4n) is 1.46. The minimum absolute atomic E-state index is 0.0881. The molecule has 0 saturated carbocycles. The van der Waals surface area contributed by atoms with E-state index in [9.17, 15) is 4.79 Å². The summed E-state index contributed by atoms with van der Waals surface area (Å²) in [6.07, 6.45) is 0. The first-order valence-electron chi connectivity index (χ1n) is 4.37. The van der Waals surface area contributed by atoms with Gasteiger partial charge in [0.05, 0.1) is 11.4 Å². The van der Waals surface area contributed by atoms with Gasteiger partial charge in [-0.05, 0) is 19.1 Å². The predicted octanol–water partition coefficient (Wildman–Crippen LogP) is 1.48. The molecule has 1 aromatic rings. The van der Waals surface area contributed by atoms with Crippen LogP contribution in [0.25, 0.3) is 0 Å². The second kappa shape index (κ2) is 3.09. The van der Waals surface area contributed by atoms with Crippen molar-refractivity contribution in [1.29, 1.82) is 0 Å². The van der Waals surface area contributed by atoms with Crippen molar-refractivity contribution < 1.29 is 4.79 Å². The van der Waals surface area contributed by atoms with Crippen LogP contribution in [0.2, 0.25) is 0 Å². The molecule has 0 bridgehead atoms. The van der Waals surface area contributed by atoms with E-state index in [2.05, 4.69) is 10.6 Å². The summed E-state index contributed by atoms with van der Waals surface area (Å²) in [6.45, 7) is 2.28. The van der Waals surface area contributed by atoms with Crippen molar-refractivity contribution in [2.45, 2.75) is 13.0 Å². The summed E-state index contributed by atoms with van der Waals surface area (Å²) in [7, 11) is 0. The molecule has 68 valence electrons. The summed E-state index contributed by atoms with van der Waals surface area (Å²) >= 11 is 0. The number of fused-ring (bicyclic) bond motifs is 1. The van der Waals surface area contributed by atoms with E-state index in [0.717, 1.165) is 11.4 Å². The largest absolute Gasteiger partial charge is 0.381 e. The number of carbonyl (C=O) groups is 1. The molecule has 1 aliphatic rings. The van der Waals surface area contributed by atoms with Crippen LogP contribution in [0.5, 0.6) is 0 Å². The van der Waals surface area contributed by atoms with E-state index in [-0.39, 0.29) is 11.8 Å². The lowest BCUT2D eigenvalue weighted by Gasteiger charge is -2.26. The van der Waals surface area contributed by atoms with Gasteiger partial charge in [-0.15, -0.1) is 0 Å². The highest BCUT2D eigenvalue weighted by molar-refractivity contribution is 5.88. The Labute approximate surface area is 77.1 Å². The first-order chi connectivity index (χ1) is 6.27. The molecule has 0 fully saturated rings. The number of ketones is 1. The molecule has 13 heavy (non-hydrogen) atoms. The molecular formula is C10H12N2O. The average molecular weight is 176 g/mol. The highest BCUT2D eigenvalue weighted by Gasteiger charge is 2.19. The van der Waals surface area contributed by atoms with Gasteiger partial charge < -0.3 is 10.6 Å². The molecule has 0 aliphatic carbocycles. The third-order valence-corrected chi connectivity index (χ3v) is 2.24. The Morgan fingerprint density at radius 3 is 2.77 bits per heavy atom. The van der Waals surface area contributed by atoms with E-state index in [1.165, 1.54) is 0 Å². The quantitative estimate of drug-likeness (QED) is 0.681. The molecule has 2 rings (SSSR count). The number of hydrogen-bond acceptors (Lipinski definition) is 3. The molecule has 1 aliphatic heterocycles. The molecule has 0 spiro atoms. The van der Waals surface area contributed by atoms with Gasteiger partial charge in [0.2, 0.25) is 0 Å². The van der Waals surface area contributed by atoms with Crippen LogP contribution in [0.4, 0.5) is 11.4 Å². The number of carbonyl (C=O) groups excluding carboxylic acids is 1. The number of para-hydroxylation sites is 2. The fraction of sp³-hybridized carbons (Fsp3) is 0.300. The average Bonchev–Trinajstić information content (AvgIpc) is 2.17. The minimum atomic E-state index is -0.0881. The van der Waals surface area contributed by atoms with Gasteiger partial charge >= 0.3 is 0 Å². The summed E-state index contributed by atoms with van der Waals surface area (Å²) in [5, 5.41) is 6.40. The van der Waals surface area contributed by atoms with Gasteiger partial charge in [-0.1, -0.05) is 12.1 Å². The van der Waals surface area contributed by atoms with Crippen molar-refractivity contribution in [2.24, 2.45) is 0 Å². The molecule has 0 radical (unpaired) electrons. The first-order valence-corrected chi connectivity index (χ1v) is 4.37. The Morgan fingerprint density at radius 1 is 1.38 bits per heavy atom. The van der Waals surface area contributed by atoms with Crippen molar-refractivity contribution in [3.05, 3.63) is 24.3 Å². The zero-order valence-electron chi connectivity index (χ0n) is 7.50. The second-order valence-corrected chi connectivity index (χ2v) is 3.23. The van der Waals surface area contributed by atoms with Gasteiger partial charge in [0.15, 0.2) is 5.78 Å². The smallest absolute Gasteiger partial charge is 0.153 e. The van der Waals surface area contributed by atoms with Crippen LogP contribution >= 0.6 is 0 Å². The minimum Gasteiger partial charge on any atom is -0.381 e. The molecule has 3 nitrogen and oxygen atoms in total. The number of hydrogen-bond donors (Lipinski definition) is 2. The van der Waals surface area contributed by atoms with Crippen molar-refractivity contribution in [3.63, 3.8) is 0 Å². The van der Waals surface area contributed by atoms with Crippen LogP contribution in [-0.2, 0) is 4.79 Å². The lowest BCUT2D eigenvalue weighted by atomic mass is 10.1. The summed E-state index contributed by atoms with van der Waals surface area (Å²) < 4.78 is 0. The van der Waals surface area contributed by atoms with Crippen LogP contribution in [0.1, 0.15) is 6.92 Å². The van der Waals surface area contributed by atoms with Crippen molar-refractivity contribution >= 4 is 17.2 Å². The molecular weight excluding hydrogens is 164 g/mol. The molecule has 1 atom stereocenters. The molecule has 1 heterocycles. The Kier molecular flexibility index (Phi) is 1.93. The van der Waals surface area contributed by atoms with Crippen LogP contribution in [0.15, 0.2) is 24.3 Å². The summed E-state index contributed by atoms with van der Waals surface area (Å²) in [6, 6.07) is 7.81. The van der Waals surface area contributed by atoms with Crippen molar-refractivity contribution in [1.82, 2.24) is 0 Å². The lowest BCUT2D eigenvalue weighted by Crippen LogP contribution is -2.38. The zero-order valence-corrected chi connectivity index (χ0v) is 7.50. The van der Waals surface area contributed by atoms with E-state index in [1.54, 1.807) is 6.92 Å². The normalized spacial score (nSPS) is 19.6. The molecule has 0 saturated heterocycles. The van der Waals surface area contributed by atoms with Crippen LogP contribution in [0, 0.1) is 0 Å². The van der Waals surface area contributed by atoms with Gasteiger partial charge in [-0.2, -0.15) is 0 Å². The SMILES string of the molecule is CC(=O)C1CNc2ccccc2N1. The maximum atomic E-state index is 11.1. The van der Waals surface area contributed by atoms with Gasteiger partial charge in [-0.3, -0.25) is 4.79 Å². The van der Waals surface area contributed by atoms with Gasteiger partial charge in [0.1, 0.15) is 6.04 Å². The third kappa shape index (κ3) is 1.49. The second-order valence-electron chi connectivity index (χ2n) is 3.23. The Bertz CT molecular complexity index is 335. The van der Waals surface area contributed by atoms with Gasteiger partial charge in [0, 0.05) is 6.54 Å². The Balaban J connectivity index is 2.24. The molecule has 2 N–H and O–H groups in total. The van der Waals surface area contributed by atoms with E-state index in [0.29, 0.717) is 6.54 Å². The predicted molar refractivity (Wildman–Crippen MR) is 53.0 cm³/mol. The van der Waals surface area contributed by atoms with E-state index < -0.39 is 0 Å². The Hall–Kier alpha value is -1.51. The number of nitrogens with one attached hydrogen (secondary N) is 2. The Morgan fingerprint density at radius 2 is 2.08 bits per heavy atom. The van der Waals surface area contributed by atoms with Crippen molar-refractivity contribution in [3.8, 4) is 0 Å². The zero-order chi connectivity index (χ0) is 9.26. The maximum absolute atomic E-state index is 11.1. The molecule has 1 aromatic carbocycles. The maximum Gasteiger partial charge on any atom is 0.153 e. The number of rotatable bonds is 1. The van der Waals surface area contributed by atoms with Gasteiger partial charge in [-0.25, -0.2) is 0 Å². The number of anilines is 2. The summed E-state index contributed by atoms with van der Waals surface area (Å²) in [5.74, 6) is 0.169. The monoisotopic (exact) mass is 176 g/mol. The molecule has 0 amide bonds. The van der Waals surface area contributed by atoms with Crippen LogP contribution in [-0.4, -0.2) is 18.4 Å². The highest BCUT2D eigenvalue weighted by Crippen LogP contribution is 2.25. The van der Waals surface area contributed by atoms with Crippen molar-refractivity contribution in [2.75, 3.05) is 17.2 Å². The van der Waals surface area contributed by atoms with Gasteiger partial charge in [0.25, 0.3) is 0 Å². The topological polar surface area (TPSA) is 41.1 Å². The summed E-state index contributed by atoms with van der Waals surface area (Å²) in [5.41, 5.74) is 2.08.